The van der Waals surface area contributed by atoms with E-state index in [0.717, 1.165) is 41.3 Å². The summed E-state index contributed by atoms with van der Waals surface area (Å²) in [7, 11) is 0. The Balaban J connectivity index is 1.26. The van der Waals surface area contributed by atoms with Crippen molar-refractivity contribution < 1.29 is 0 Å². The average molecular weight is 389 g/mol. The molecule has 0 radical (unpaired) electrons. The average Bonchev–Trinajstić information content (AvgIpc) is 3.21. The number of piperazine rings is 1. The molecule has 2 saturated heterocycles. The van der Waals surface area contributed by atoms with Gasteiger partial charge in [0, 0.05) is 54.7 Å². The Bertz CT molecular complexity index is 1070. The molecule has 3 aromatic rings. The summed E-state index contributed by atoms with van der Waals surface area (Å²) in [5.74, 6) is 0. The Morgan fingerprint density at radius 1 is 1.07 bits per heavy atom. The van der Waals surface area contributed by atoms with E-state index in [1.807, 2.05) is 18.2 Å². The van der Waals surface area contributed by atoms with Crippen LogP contribution in [0.3, 0.4) is 0 Å². The second-order valence-electron chi connectivity index (χ2n) is 8.39. The first-order valence-corrected chi connectivity index (χ1v) is 10.6. The zero-order valence-corrected chi connectivity index (χ0v) is 16.9. The Morgan fingerprint density at radius 3 is 2.79 bits per heavy atom. The first-order valence-electron chi connectivity index (χ1n) is 10.6. The van der Waals surface area contributed by atoms with Crippen LogP contribution in [-0.4, -0.2) is 42.1 Å². The van der Waals surface area contributed by atoms with Crippen LogP contribution < -0.4 is 15.8 Å². The number of hydrogen-bond donors (Lipinski definition) is 2. The number of aromatic amines is 1. The van der Waals surface area contributed by atoms with Gasteiger partial charge < -0.3 is 15.2 Å². The largest absolute Gasteiger partial charge is 0.381 e. The number of benzene rings is 2. The van der Waals surface area contributed by atoms with Crippen molar-refractivity contribution in [3.63, 3.8) is 0 Å². The lowest BCUT2D eigenvalue weighted by molar-refractivity contribution is 0.231. The maximum Gasteiger partial charge on any atom is 0.253 e. The van der Waals surface area contributed by atoms with Crippen molar-refractivity contribution in [1.29, 1.82) is 0 Å². The highest BCUT2D eigenvalue weighted by Gasteiger charge is 2.30. The van der Waals surface area contributed by atoms with E-state index in [0.29, 0.717) is 6.54 Å². The fraction of sp³-hybridized carbons (Fsp3) is 0.375. The first kappa shape index (κ1) is 18.3. The number of hydrogen-bond acceptors (Lipinski definition) is 4. The van der Waals surface area contributed by atoms with Crippen molar-refractivity contribution in [3.8, 4) is 0 Å². The van der Waals surface area contributed by atoms with Gasteiger partial charge in [-0.05, 0) is 74.2 Å². The quantitative estimate of drug-likeness (QED) is 0.715. The van der Waals surface area contributed by atoms with Crippen LogP contribution in [0.4, 0.5) is 11.4 Å². The van der Waals surface area contributed by atoms with Gasteiger partial charge in [-0.15, -0.1) is 0 Å². The lowest BCUT2D eigenvalue weighted by atomic mass is 10.1. The van der Waals surface area contributed by atoms with Gasteiger partial charge in [-0.25, -0.2) is 0 Å². The number of rotatable bonds is 4. The molecule has 2 aliphatic heterocycles. The minimum Gasteiger partial charge on any atom is -0.381 e. The third-order valence-corrected chi connectivity index (χ3v) is 6.38. The molecule has 0 amide bonds. The van der Waals surface area contributed by atoms with Gasteiger partial charge in [-0.2, -0.15) is 0 Å². The van der Waals surface area contributed by atoms with E-state index in [2.05, 4.69) is 57.4 Å². The van der Waals surface area contributed by atoms with E-state index < -0.39 is 0 Å². The minimum absolute atomic E-state index is 0.0279. The molecular formula is C24H28N4O. The Morgan fingerprint density at radius 2 is 1.93 bits per heavy atom. The van der Waals surface area contributed by atoms with Crippen LogP contribution >= 0.6 is 0 Å². The van der Waals surface area contributed by atoms with E-state index in [1.165, 1.54) is 37.2 Å². The van der Waals surface area contributed by atoms with E-state index in [4.69, 9.17) is 0 Å². The molecule has 0 saturated carbocycles. The van der Waals surface area contributed by atoms with Crippen molar-refractivity contribution in [2.45, 2.75) is 32.4 Å². The normalized spacial score (nSPS) is 19.5. The van der Waals surface area contributed by atoms with Gasteiger partial charge in [0.2, 0.25) is 0 Å². The Kier molecular flexibility index (Phi) is 4.76. The van der Waals surface area contributed by atoms with Crippen LogP contribution in [0.25, 0.3) is 10.9 Å². The third kappa shape index (κ3) is 3.75. The summed E-state index contributed by atoms with van der Waals surface area (Å²) in [6, 6.07) is 17.4. The number of nitrogens with zero attached hydrogens (tertiary/aromatic N) is 2. The van der Waals surface area contributed by atoms with E-state index in [9.17, 15) is 4.79 Å². The molecule has 1 aromatic heterocycles. The number of nitrogens with one attached hydrogen (secondary N) is 2. The summed E-state index contributed by atoms with van der Waals surface area (Å²) in [5.41, 5.74) is 5.14. The molecule has 0 spiro atoms. The Hall–Kier alpha value is -2.79. The van der Waals surface area contributed by atoms with Crippen LogP contribution in [0.1, 0.15) is 24.0 Å². The van der Waals surface area contributed by atoms with Crippen molar-refractivity contribution in [1.82, 2.24) is 9.88 Å². The van der Waals surface area contributed by atoms with Crippen molar-refractivity contribution in [3.05, 3.63) is 70.0 Å². The zero-order valence-electron chi connectivity index (χ0n) is 16.9. The predicted molar refractivity (Wildman–Crippen MR) is 120 cm³/mol. The SMILES string of the molecule is Cc1ccc2[nH]c(=O)c(CNc3ccc(N4CCN5CCC[C@@H]5C4)cc3)cc2c1. The van der Waals surface area contributed by atoms with Gasteiger partial charge in [0.15, 0.2) is 0 Å². The summed E-state index contributed by atoms with van der Waals surface area (Å²) in [6.45, 7) is 7.27. The molecule has 5 nitrogen and oxygen atoms in total. The number of H-pyrrole nitrogens is 1. The lowest BCUT2D eigenvalue weighted by Crippen LogP contribution is -2.50. The van der Waals surface area contributed by atoms with E-state index in [-0.39, 0.29) is 5.56 Å². The topological polar surface area (TPSA) is 51.4 Å². The van der Waals surface area contributed by atoms with Gasteiger partial charge in [0.25, 0.3) is 5.56 Å². The highest BCUT2D eigenvalue weighted by Crippen LogP contribution is 2.26. The number of pyridine rings is 1. The highest BCUT2D eigenvalue weighted by atomic mass is 16.1. The molecule has 2 fully saturated rings. The Labute approximate surface area is 171 Å². The van der Waals surface area contributed by atoms with Crippen molar-refractivity contribution >= 4 is 22.3 Å². The molecule has 1 atom stereocenters. The predicted octanol–water partition coefficient (Wildman–Crippen LogP) is 3.73. The fourth-order valence-electron chi connectivity index (χ4n) is 4.72. The monoisotopic (exact) mass is 388 g/mol. The molecular weight excluding hydrogens is 360 g/mol. The molecule has 2 aromatic carbocycles. The van der Waals surface area contributed by atoms with Crippen LogP contribution in [0.5, 0.6) is 0 Å². The zero-order chi connectivity index (χ0) is 19.8. The van der Waals surface area contributed by atoms with Crippen molar-refractivity contribution in [2.24, 2.45) is 0 Å². The summed E-state index contributed by atoms with van der Waals surface area (Å²) >= 11 is 0. The summed E-state index contributed by atoms with van der Waals surface area (Å²) in [5, 5.41) is 4.47. The standard InChI is InChI=1S/C24H28N4O/c1-17-4-9-23-18(13-17)14-19(24(29)26-23)15-25-20-5-7-21(8-6-20)28-12-11-27-10-2-3-22(27)16-28/h4-9,13-14,22,25H,2-3,10-12,15-16H2,1H3,(H,26,29)/t22-/m1/s1. The van der Waals surface area contributed by atoms with Gasteiger partial charge in [0.1, 0.15) is 0 Å². The molecule has 0 bridgehead atoms. The summed E-state index contributed by atoms with van der Waals surface area (Å²) in [4.78, 5) is 20.5. The molecule has 29 heavy (non-hydrogen) atoms. The van der Waals surface area contributed by atoms with Crippen LogP contribution in [0.15, 0.2) is 53.3 Å². The smallest absolute Gasteiger partial charge is 0.253 e. The summed E-state index contributed by atoms with van der Waals surface area (Å²) in [6.07, 6.45) is 2.67. The van der Waals surface area contributed by atoms with E-state index >= 15 is 0 Å². The van der Waals surface area contributed by atoms with Crippen LogP contribution in [0, 0.1) is 6.92 Å². The molecule has 0 unspecified atom stereocenters. The molecule has 2 N–H and O–H groups in total. The molecule has 2 aliphatic rings. The molecule has 3 heterocycles. The highest BCUT2D eigenvalue weighted by molar-refractivity contribution is 5.79. The minimum atomic E-state index is -0.0279. The maximum absolute atomic E-state index is 12.4. The lowest BCUT2D eigenvalue weighted by Gasteiger charge is -2.38. The number of anilines is 2. The fourth-order valence-corrected chi connectivity index (χ4v) is 4.72. The van der Waals surface area contributed by atoms with Gasteiger partial charge in [-0.3, -0.25) is 9.69 Å². The number of aryl methyl sites for hydroxylation is 1. The first-order chi connectivity index (χ1) is 14.2. The molecule has 5 heteroatoms. The molecule has 0 aliphatic carbocycles. The second-order valence-corrected chi connectivity index (χ2v) is 8.39. The van der Waals surface area contributed by atoms with Gasteiger partial charge in [0.05, 0.1) is 0 Å². The van der Waals surface area contributed by atoms with Gasteiger partial charge in [-0.1, -0.05) is 11.6 Å². The molecule has 150 valence electrons. The maximum atomic E-state index is 12.4. The van der Waals surface area contributed by atoms with Crippen molar-refractivity contribution in [2.75, 3.05) is 36.4 Å². The molecule has 5 rings (SSSR count). The summed E-state index contributed by atoms with van der Waals surface area (Å²) < 4.78 is 0. The van der Waals surface area contributed by atoms with Crippen LogP contribution in [-0.2, 0) is 6.54 Å². The number of aromatic nitrogens is 1. The second kappa shape index (κ2) is 7.56. The van der Waals surface area contributed by atoms with Gasteiger partial charge >= 0.3 is 0 Å². The van der Waals surface area contributed by atoms with Crippen LogP contribution in [0.2, 0.25) is 0 Å². The third-order valence-electron chi connectivity index (χ3n) is 6.38. The number of fused-ring (bicyclic) bond motifs is 2. The van der Waals surface area contributed by atoms with E-state index in [1.54, 1.807) is 0 Å².